The minimum Gasteiger partial charge on any atom is -0.489 e. The van der Waals surface area contributed by atoms with E-state index in [1.807, 2.05) is 0 Å². The molecule has 0 saturated carbocycles. The molecule has 5 rings (SSSR count). The van der Waals surface area contributed by atoms with E-state index in [4.69, 9.17) is 9.26 Å². The number of nitrogens with zero attached hydrogens (tertiary/aromatic N) is 4. The average Bonchev–Trinajstić information content (AvgIpc) is 3.61. The first-order chi connectivity index (χ1) is 18.7. The molecule has 2 atom stereocenters. The van der Waals surface area contributed by atoms with Crippen LogP contribution in [0.1, 0.15) is 29.7 Å². The van der Waals surface area contributed by atoms with Crippen molar-refractivity contribution in [2.24, 2.45) is 0 Å². The summed E-state index contributed by atoms with van der Waals surface area (Å²) in [5, 5.41) is 19.8. The highest BCUT2D eigenvalue weighted by atomic mass is 19.1. The van der Waals surface area contributed by atoms with Gasteiger partial charge in [0.25, 0.3) is 0 Å². The zero-order valence-electron chi connectivity index (χ0n) is 20.6. The monoisotopic (exact) mass is 538 g/mol. The van der Waals surface area contributed by atoms with Crippen molar-refractivity contribution in [3.05, 3.63) is 120 Å². The van der Waals surface area contributed by atoms with Gasteiger partial charge >= 0.3 is 0 Å². The first-order valence-electron chi connectivity index (χ1n) is 11.9. The molecule has 0 saturated heterocycles. The van der Waals surface area contributed by atoms with Gasteiger partial charge in [-0.25, -0.2) is 27.2 Å². The van der Waals surface area contributed by atoms with Gasteiger partial charge in [-0.3, -0.25) is 0 Å². The second-order valence-electron chi connectivity index (χ2n) is 9.03. The quantitative estimate of drug-likeness (QED) is 0.240. The smallest absolute Gasteiger partial charge is 0.143 e. The van der Waals surface area contributed by atoms with Crippen molar-refractivity contribution in [3.63, 3.8) is 0 Å². The molecule has 0 aliphatic heterocycles. The maximum Gasteiger partial charge on any atom is 0.143 e. The van der Waals surface area contributed by atoms with Gasteiger partial charge < -0.3 is 14.4 Å². The topological polar surface area (TPSA) is 86.2 Å². The molecule has 0 fully saturated rings. The van der Waals surface area contributed by atoms with Crippen molar-refractivity contribution < 1.29 is 31.9 Å². The Morgan fingerprint density at radius 2 is 1.69 bits per heavy atom. The van der Waals surface area contributed by atoms with Crippen LogP contribution in [0.25, 0.3) is 11.3 Å². The molecule has 0 spiro atoms. The molecule has 0 unspecified atom stereocenters. The lowest BCUT2D eigenvalue weighted by Gasteiger charge is -2.33. The van der Waals surface area contributed by atoms with Gasteiger partial charge in [0.15, 0.2) is 0 Å². The molecule has 2 heterocycles. The number of halogens is 4. The molecule has 0 amide bonds. The minimum absolute atomic E-state index is 0.0881. The Balaban J connectivity index is 1.36. The van der Waals surface area contributed by atoms with Crippen molar-refractivity contribution >= 4 is 0 Å². The van der Waals surface area contributed by atoms with Crippen molar-refractivity contribution in [1.82, 2.24) is 19.9 Å². The predicted molar refractivity (Wildman–Crippen MR) is 131 cm³/mol. The van der Waals surface area contributed by atoms with Crippen LogP contribution in [0.3, 0.4) is 0 Å². The van der Waals surface area contributed by atoms with Gasteiger partial charge in [-0.15, -0.1) is 0 Å². The standard InChI is InChI=1S/C28H22F4N4O3/c1-17(28(37,14-36-16-33-15-34-36)23-8-4-21(30)11-25(23)32)27-12-26(35-39-27)18-2-6-22(7-3-18)38-13-19-10-20(29)5-9-24(19)31/h2-12,15-17,37H,13-14H2,1H3/t17-,28+/m0/s1. The summed E-state index contributed by atoms with van der Waals surface area (Å²) >= 11 is 0. The summed E-state index contributed by atoms with van der Waals surface area (Å²) in [5.41, 5.74) is -0.866. The van der Waals surface area contributed by atoms with Gasteiger partial charge in [-0.1, -0.05) is 18.1 Å². The van der Waals surface area contributed by atoms with E-state index in [0.717, 1.165) is 24.3 Å². The van der Waals surface area contributed by atoms with E-state index in [1.165, 1.54) is 23.4 Å². The summed E-state index contributed by atoms with van der Waals surface area (Å²) < 4.78 is 68.1. The van der Waals surface area contributed by atoms with Gasteiger partial charge in [0, 0.05) is 28.8 Å². The molecule has 39 heavy (non-hydrogen) atoms. The summed E-state index contributed by atoms with van der Waals surface area (Å²) in [4.78, 5) is 3.86. The molecule has 0 aliphatic rings. The third-order valence-corrected chi connectivity index (χ3v) is 6.49. The third-order valence-electron chi connectivity index (χ3n) is 6.49. The van der Waals surface area contributed by atoms with Gasteiger partial charge in [0.1, 0.15) is 65.3 Å². The Labute approximate surface area is 220 Å². The number of hydrogen-bond acceptors (Lipinski definition) is 6. The second kappa shape index (κ2) is 10.7. The van der Waals surface area contributed by atoms with Crippen LogP contribution in [0.15, 0.2) is 83.9 Å². The van der Waals surface area contributed by atoms with E-state index in [-0.39, 0.29) is 30.0 Å². The van der Waals surface area contributed by atoms with Crippen LogP contribution in [0.2, 0.25) is 0 Å². The first-order valence-corrected chi connectivity index (χ1v) is 11.9. The van der Waals surface area contributed by atoms with Gasteiger partial charge in [0.2, 0.25) is 0 Å². The second-order valence-corrected chi connectivity index (χ2v) is 9.03. The Morgan fingerprint density at radius 3 is 2.41 bits per heavy atom. The average molecular weight is 539 g/mol. The number of ether oxygens (including phenoxy) is 1. The molecule has 1 N–H and O–H groups in total. The van der Waals surface area contributed by atoms with Crippen molar-refractivity contribution in [2.45, 2.75) is 31.6 Å². The van der Waals surface area contributed by atoms with E-state index < -0.39 is 34.8 Å². The van der Waals surface area contributed by atoms with E-state index in [0.29, 0.717) is 23.1 Å². The maximum absolute atomic E-state index is 14.8. The Hall–Kier alpha value is -4.51. The zero-order valence-corrected chi connectivity index (χ0v) is 20.6. The molecule has 2 aromatic heterocycles. The van der Waals surface area contributed by atoms with Crippen LogP contribution in [-0.2, 0) is 18.8 Å². The van der Waals surface area contributed by atoms with Crippen LogP contribution >= 0.6 is 0 Å². The molecule has 5 aromatic rings. The minimum atomic E-state index is -1.90. The number of hydrogen-bond donors (Lipinski definition) is 1. The molecule has 3 aromatic carbocycles. The molecule has 11 heteroatoms. The zero-order chi connectivity index (χ0) is 27.6. The summed E-state index contributed by atoms with van der Waals surface area (Å²) in [5.74, 6) is -2.99. The number of rotatable bonds is 9. The van der Waals surface area contributed by atoms with Crippen LogP contribution < -0.4 is 4.74 Å². The third kappa shape index (κ3) is 5.53. The fraction of sp³-hybridized carbons (Fsp3) is 0.179. The van der Waals surface area contributed by atoms with Crippen LogP contribution in [0.4, 0.5) is 17.6 Å². The highest BCUT2D eigenvalue weighted by Gasteiger charge is 2.42. The lowest BCUT2D eigenvalue weighted by Crippen LogP contribution is -2.38. The molecule has 200 valence electrons. The molecule has 0 radical (unpaired) electrons. The lowest BCUT2D eigenvalue weighted by atomic mass is 9.80. The summed E-state index contributed by atoms with van der Waals surface area (Å²) in [7, 11) is 0. The fourth-order valence-corrected chi connectivity index (χ4v) is 4.26. The first kappa shape index (κ1) is 26.1. The van der Waals surface area contributed by atoms with E-state index in [1.54, 1.807) is 37.3 Å². The van der Waals surface area contributed by atoms with Crippen molar-refractivity contribution in [1.29, 1.82) is 0 Å². The predicted octanol–water partition coefficient (Wildman–Crippen LogP) is 5.76. The molecular weight excluding hydrogens is 516 g/mol. The Morgan fingerprint density at radius 1 is 0.949 bits per heavy atom. The largest absolute Gasteiger partial charge is 0.489 e. The number of aromatic nitrogens is 4. The molecule has 7 nitrogen and oxygen atoms in total. The van der Waals surface area contributed by atoms with Crippen molar-refractivity contribution in [2.75, 3.05) is 0 Å². The Kier molecular flexibility index (Phi) is 7.16. The number of aliphatic hydroxyl groups is 1. The van der Waals surface area contributed by atoms with E-state index >= 15 is 0 Å². The van der Waals surface area contributed by atoms with Crippen LogP contribution in [0.5, 0.6) is 5.75 Å². The normalized spacial score (nSPS) is 13.7. The van der Waals surface area contributed by atoms with Gasteiger partial charge in [-0.2, -0.15) is 5.10 Å². The van der Waals surface area contributed by atoms with E-state index in [2.05, 4.69) is 15.2 Å². The SMILES string of the molecule is C[C@@H](c1cc(-c2ccc(OCc3cc(F)ccc3F)cc2)no1)[C@](O)(Cn1cncn1)c1ccc(F)cc1F. The lowest BCUT2D eigenvalue weighted by molar-refractivity contribution is -0.0181. The summed E-state index contributed by atoms with van der Waals surface area (Å²) in [6.07, 6.45) is 2.65. The molecule has 0 bridgehead atoms. The highest BCUT2D eigenvalue weighted by molar-refractivity contribution is 5.60. The number of benzene rings is 3. The van der Waals surface area contributed by atoms with Crippen LogP contribution in [0, 0.1) is 23.3 Å². The van der Waals surface area contributed by atoms with Gasteiger partial charge in [-0.05, 0) is 48.5 Å². The summed E-state index contributed by atoms with van der Waals surface area (Å²) in [6, 6.07) is 14.4. The molecular formula is C28H22F4N4O3. The maximum atomic E-state index is 14.8. The van der Waals surface area contributed by atoms with E-state index in [9.17, 15) is 22.7 Å². The van der Waals surface area contributed by atoms with Gasteiger partial charge in [0.05, 0.1) is 12.5 Å². The Bertz CT molecular complexity index is 1570. The van der Waals surface area contributed by atoms with Crippen LogP contribution in [-0.4, -0.2) is 25.0 Å². The highest BCUT2D eigenvalue weighted by Crippen LogP contribution is 2.40. The molecule has 0 aliphatic carbocycles. The summed E-state index contributed by atoms with van der Waals surface area (Å²) in [6.45, 7) is 1.29. The fourth-order valence-electron chi connectivity index (χ4n) is 4.26. The van der Waals surface area contributed by atoms with Crippen molar-refractivity contribution in [3.8, 4) is 17.0 Å².